The van der Waals surface area contributed by atoms with Gasteiger partial charge in [-0.2, -0.15) is 42.5 Å². The van der Waals surface area contributed by atoms with E-state index < -0.39 is 0 Å². The molecule has 0 aromatic heterocycles. The Bertz CT molecular complexity index is 240. The van der Waals surface area contributed by atoms with Crippen molar-refractivity contribution in [1.29, 1.82) is 0 Å². The first-order chi connectivity index (χ1) is 7.41. The van der Waals surface area contributed by atoms with Crippen LogP contribution in [-0.2, 0) is 21.7 Å². The van der Waals surface area contributed by atoms with Crippen LogP contribution in [0.2, 0.25) is 0 Å². The van der Waals surface area contributed by atoms with E-state index in [0.717, 1.165) is 0 Å². The fraction of sp³-hybridized carbons (Fsp3) is 0. The molecule has 0 nitrogen and oxygen atoms in total. The van der Waals surface area contributed by atoms with Crippen LogP contribution in [0.4, 0.5) is 0 Å². The Morgan fingerprint density at radius 3 is 1.31 bits per heavy atom. The van der Waals surface area contributed by atoms with Crippen LogP contribution in [0.3, 0.4) is 0 Å². The summed E-state index contributed by atoms with van der Waals surface area (Å²) in [5.41, 5.74) is 0. The van der Waals surface area contributed by atoms with Crippen molar-refractivity contribution in [2.45, 2.75) is 0 Å². The summed E-state index contributed by atoms with van der Waals surface area (Å²) in [5.74, 6) is 0. The molecule has 0 aliphatic heterocycles. The van der Waals surface area contributed by atoms with Crippen molar-refractivity contribution in [3.63, 3.8) is 0 Å². The Morgan fingerprint density at radius 2 is 1.25 bits per heavy atom. The number of rotatable bonds is 1. The Morgan fingerprint density at radius 1 is 0.875 bits per heavy atom. The van der Waals surface area contributed by atoms with Crippen LogP contribution in [0.25, 0.3) is 0 Å². The largest absolute Gasteiger partial charge is 3.00 e. The van der Waals surface area contributed by atoms with Crippen molar-refractivity contribution in [2.75, 3.05) is 0 Å². The smallest absolute Gasteiger partial charge is 0.245 e. The summed E-state index contributed by atoms with van der Waals surface area (Å²) < 4.78 is 0. The van der Waals surface area contributed by atoms with Crippen LogP contribution in [0.1, 0.15) is 0 Å². The van der Waals surface area contributed by atoms with E-state index in [1.807, 2.05) is 60.7 Å². The van der Waals surface area contributed by atoms with E-state index in [2.05, 4.69) is 13.5 Å². The number of hydrogen-bond donors (Lipinski definition) is 0. The van der Waals surface area contributed by atoms with Crippen LogP contribution in [-0.4, -0.2) is 0 Å². The second-order valence-electron chi connectivity index (χ2n) is 2.59. The molecule has 0 atom stereocenters. The minimum atomic E-state index is 0. The van der Waals surface area contributed by atoms with E-state index >= 15 is 0 Å². The van der Waals surface area contributed by atoms with Crippen LogP contribution >= 0.6 is 0 Å². The zero-order valence-corrected chi connectivity index (χ0v) is 11.0. The number of hydrogen-bond acceptors (Lipinski definition) is 0. The average Bonchev–Trinajstić information content (AvgIpc) is 2.99. The average molecular weight is 245 g/mol. The van der Waals surface area contributed by atoms with Crippen molar-refractivity contribution in [3.8, 4) is 0 Å². The standard InChI is InChI=1S/2C5H5.C5H7.Ti/c2*1-2-4-5-3-1;1-3-5-4-2;/h2*1-5H;3-5H,1-2H2;/q3*-1;+3. The van der Waals surface area contributed by atoms with Crippen molar-refractivity contribution in [3.05, 3.63) is 92.4 Å². The molecule has 16 heavy (non-hydrogen) atoms. The van der Waals surface area contributed by atoms with Crippen LogP contribution < -0.4 is 0 Å². The Kier molecular flexibility index (Phi) is 17.4. The molecule has 0 heterocycles. The third kappa shape index (κ3) is 15.2. The van der Waals surface area contributed by atoms with Gasteiger partial charge in [0.2, 0.25) is 0 Å². The Labute approximate surface area is 114 Å². The summed E-state index contributed by atoms with van der Waals surface area (Å²) in [5, 5.41) is 0. The van der Waals surface area contributed by atoms with Crippen molar-refractivity contribution in [1.82, 2.24) is 0 Å². The first-order valence-electron chi connectivity index (χ1n) is 4.82. The van der Waals surface area contributed by atoms with Gasteiger partial charge in [-0.05, 0) is 0 Å². The fourth-order valence-electron chi connectivity index (χ4n) is 0.738. The van der Waals surface area contributed by atoms with E-state index in [9.17, 15) is 0 Å². The van der Waals surface area contributed by atoms with Gasteiger partial charge in [-0.3, -0.25) is 0 Å². The summed E-state index contributed by atoms with van der Waals surface area (Å²) in [4.78, 5) is 0. The maximum absolute atomic E-state index is 3.42. The predicted molar refractivity (Wildman–Crippen MR) is 68.8 cm³/mol. The topological polar surface area (TPSA) is 0 Å². The molecule has 0 bridgehead atoms. The van der Waals surface area contributed by atoms with Gasteiger partial charge in [0.15, 0.2) is 0 Å². The molecule has 0 aliphatic carbocycles. The number of allylic oxidation sites excluding steroid dienone is 3. The minimum Gasteiger partial charge on any atom is -0.245 e. The second kappa shape index (κ2) is 16.2. The Hall–Kier alpha value is -1.24. The first kappa shape index (κ1) is 17.2. The maximum atomic E-state index is 3.42. The van der Waals surface area contributed by atoms with Gasteiger partial charge in [-0.15, -0.1) is 6.58 Å². The van der Waals surface area contributed by atoms with Crippen LogP contribution in [0.15, 0.2) is 85.5 Å². The Balaban J connectivity index is 0. The molecular weight excluding hydrogens is 228 g/mol. The quantitative estimate of drug-likeness (QED) is 0.397. The third-order valence-electron chi connectivity index (χ3n) is 1.38. The molecular formula is C15H17Ti. The summed E-state index contributed by atoms with van der Waals surface area (Å²) in [6, 6.07) is 20.0. The van der Waals surface area contributed by atoms with Crippen molar-refractivity contribution >= 4 is 0 Å². The van der Waals surface area contributed by atoms with E-state index in [4.69, 9.17) is 0 Å². The van der Waals surface area contributed by atoms with Crippen LogP contribution in [0, 0.1) is 6.92 Å². The zero-order chi connectivity index (χ0) is 11.2. The molecule has 0 saturated carbocycles. The molecule has 0 amide bonds. The predicted octanol–water partition coefficient (Wildman–Crippen LogP) is 4.37. The molecule has 0 unspecified atom stereocenters. The molecule has 1 heteroatoms. The van der Waals surface area contributed by atoms with E-state index in [-0.39, 0.29) is 21.7 Å². The van der Waals surface area contributed by atoms with Gasteiger partial charge in [0, 0.05) is 0 Å². The second-order valence-corrected chi connectivity index (χ2v) is 2.59. The molecule has 0 N–H and O–H groups in total. The normalized spacial score (nSPS) is 7.75. The molecule has 0 aliphatic rings. The van der Waals surface area contributed by atoms with E-state index in [1.165, 1.54) is 0 Å². The van der Waals surface area contributed by atoms with E-state index in [1.54, 1.807) is 18.2 Å². The minimum absolute atomic E-state index is 0. The molecule has 0 fully saturated rings. The molecule has 2 aromatic rings. The SMILES string of the molecule is C=CC=C[CH2-].[Ti+3].c1cc[cH-]c1.c1cc[cH-]c1. The van der Waals surface area contributed by atoms with E-state index in [0.29, 0.717) is 0 Å². The molecule has 0 spiro atoms. The first-order valence-corrected chi connectivity index (χ1v) is 4.82. The van der Waals surface area contributed by atoms with Gasteiger partial charge in [0.25, 0.3) is 0 Å². The summed E-state index contributed by atoms with van der Waals surface area (Å²) >= 11 is 0. The van der Waals surface area contributed by atoms with Gasteiger partial charge < -0.3 is 0 Å². The van der Waals surface area contributed by atoms with Crippen molar-refractivity contribution in [2.24, 2.45) is 0 Å². The van der Waals surface area contributed by atoms with Gasteiger partial charge in [-0.25, -0.2) is 43.3 Å². The third-order valence-corrected chi connectivity index (χ3v) is 1.38. The van der Waals surface area contributed by atoms with Gasteiger partial charge in [-0.1, -0.05) is 0 Å². The van der Waals surface area contributed by atoms with Crippen LogP contribution in [0.5, 0.6) is 0 Å². The molecule has 2 rings (SSSR count). The zero-order valence-electron chi connectivity index (χ0n) is 9.42. The fourth-order valence-corrected chi connectivity index (χ4v) is 0.738. The summed E-state index contributed by atoms with van der Waals surface area (Å²) in [7, 11) is 0. The van der Waals surface area contributed by atoms with Gasteiger partial charge in [0.1, 0.15) is 0 Å². The molecule has 0 saturated heterocycles. The summed E-state index contributed by atoms with van der Waals surface area (Å²) in [6.07, 6.45) is 5.15. The van der Waals surface area contributed by atoms with Crippen molar-refractivity contribution < 1.29 is 21.7 Å². The molecule has 2 aromatic carbocycles. The van der Waals surface area contributed by atoms with Gasteiger partial charge in [0.05, 0.1) is 0 Å². The maximum Gasteiger partial charge on any atom is 3.00 e. The molecule has 81 valence electrons. The molecule has 1 radical (unpaired) electrons. The monoisotopic (exact) mass is 245 g/mol. The van der Waals surface area contributed by atoms with Gasteiger partial charge >= 0.3 is 21.7 Å². The summed E-state index contributed by atoms with van der Waals surface area (Å²) in [6.45, 7) is 6.85.